The van der Waals surface area contributed by atoms with Crippen LogP contribution < -0.4 is 0 Å². The molecule has 4 rings (SSSR count). The van der Waals surface area contributed by atoms with Gasteiger partial charge in [0.25, 0.3) is 0 Å². The number of fused-ring (bicyclic) bond motifs is 1. The second kappa shape index (κ2) is 7.98. The first-order valence-electron chi connectivity index (χ1n) is 9.84. The van der Waals surface area contributed by atoms with Gasteiger partial charge in [0.2, 0.25) is 11.7 Å². The van der Waals surface area contributed by atoms with Gasteiger partial charge in [0, 0.05) is 43.6 Å². The molecule has 1 N–H and O–H groups in total. The summed E-state index contributed by atoms with van der Waals surface area (Å²) in [7, 11) is 1.94. The number of hydrogen-bond acceptors (Lipinski definition) is 7. The Kier molecular flexibility index (Phi) is 5.43. The summed E-state index contributed by atoms with van der Waals surface area (Å²) in [4.78, 5) is 6.70. The normalized spacial score (nSPS) is 17.4. The van der Waals surface area contributed by atoms with Crippen molar-refractivity contribution in [3.05, 3.63) is 29.8 Å². The molecule has 1 saturated heterocycles. The first-order chi connectivity index (χ1) is 13.6. The number of piperidine rings is 1. The zero-order valence-electron chi connectivity index (χ0n) is 16.6. The van der Waals surface area contributed by atoms with Crippen LogP contribution in [-0.4, -0.2) is 62.5 Å². The highest BCUT2D eigenvalue weighted by atomic mass is 16.5. The van der Waals surface area contributed by atoms with Crippen LogP contribution in [0.5, 0.6) is 0 Å². The van der Waals surface area contributed by atoms with Crippen molar-refractivity contribution in [2.45, 2.75) is 38.8 Å². The van der Waals surface area contributed by atoms with E-state index in [9.17, 15) is 5.11 Å². The van der Waals surface area contributed by atoms with Crippen LogP contribution in [0.25, 0.3) is 22.3 Å². The van der Waals surface area contributed by atoms with Gasteiger partial charge in [-0.1, -0.05) is 17.3 Å². The van der Waals surface area contributed by atoms with Crippen LogP contribution in [0.4, 0.5) is 0 Å². The van der Waals surface area contributed by atoms with Gasteiger partial charge in [0.15, 0.2) is 0 Å². The first kappa shape index (κ1) is 19.0. The van der Waals surface area contributed by atoms with Gasteiger partial charge in [-0.3, -0.25) is 9.58 Å². The molecule has 1 fully saturated rings. The van der Waals surface area contributed by atoms with Gasteiger partial charge >= 0.3 is 0 Å². The van der Waals surface area contributed by atoms with Crippen LogP contribution in [0.15, 0.2) is 22.7 Å². The van der Waals surface area contributed by atoms with Gasteiger partial charge in [-0.05, 0) is 32.8 Å². The molecule has 0 radical (unpaired) electrons. The van der Waals surface area contributed by atoms with Crippen molar-refractivity contribution < 1.29 is 14.4 Å². The third-order valence-electron chi connectivity index (χ3n) is 5.51. The fourth-order valence-electron chi connectivity index (χ4n) is 3.87. The SMILES string of the molecule is CCOCC(O)N1CCC(c2nc(-c3ccc4c(C)nn(C)c4c3)no2)CC1. The molecule has 3 aromatic rings. The smallest absolute Gasteiger partial charge is 0.230 e. The number of likely N-dealkylation sites (tertiary alicyclic amines) is 1. The van der Waals surface area contributed by atoms with E-state index >= 15 is 0 Å². The molecule has 8 heteroatoms. The monoisotopic (exact) mass is 385 g/mol. The van der Waals surface area contributed by atoms with Gasteiger partial charge in [-0.15, -0.1) is 0 Å². The highest BCUT2D eigenvalue weighted by molar-refractivity contribution is 5.85. The van der Waals surface area contributed by atoms with Gasteiger partial charge < -0.3 is 14.4 Å². The second-order valence-electron chi connectivity index (χ2n) is 7.35. The minimum Gasteiger partial charge on any atom is -0.378 e. The Labute approximate surface area is 164 Å². The number of rotatable bonds is 6. The average molecular weight is 385 g/mol. The molecule has 8 nitrogen and oxygen atoms in total. The van der Waals surface area contributed by atoms with Gasteiger partial charge in [-0.2, -0.15) is 10.1 Å². The van der Waals surface area contributed by atoms with Crippen LogP contribution in [0.1, 0.15) is 37.3 Å². The number of hydrogen-bond donors (Lipinski definition) is 1. The summed E-state index contributed by atoms with van der Waals surface area (Å²) in [6.07, 6.45) is 1.21. The van der Waals surface area contributed by atoms with Crippen molar-refractivity contribution in [2.24, 2.45) is 7.05 Å². The fourth-order valence-corrected chi connectivity index (χ4v) is 3.87. The second-order valence-corrected chi connectivity index (χ2v) is 7.35. The summed E-state index contributed by atoms with van der Waals surface area (Å²) < 4.78 is 12.8. The Bertz CT molecular complexity index is 943. The Morgan fingerprint density at radius 3 is 2.86 bits per heavy atom. The zero-order valence-corrected chi connectivity index (χ0v) is 16.6. The van der Waals surface area contributed by atoms with Crippen molar-refractivity contribution in [3.63, 3.8) is 0 Å². The van der Waals surface area contributed by atoms with Gasteiger partial charge in [-0.25, -0.2) is 0 Å². The molecule has 0 amide bonds. The van der Waals surface area contributed by atoms with E-state index in [2.05, 4.69) is 27.4 Å². The lowest BCUT2D eigenvalue weighted by Crippen LogP contribution is -2.43. The van der Waals surface area contributed by atoms with Crippen LogP contribution in [0, 0.1) is 6.92 Å². The molecule has 1 unspecified atom stereocenters. The zero-order chi connectivity index (χ0) is 19.7. The van der Waals surface area contributed by atoms with Crippen LogP contribution in [0.3, 0.4) is 0 Å². The van der Waals surface area contributed by atoms with E-state index < -0.39 is 6.23 Å². The lowest BCUT2D eigenvalue weighted by Gasteiger charge is -2.33. The Morgan fingerprint density at radius 2 is 2.11 bits per heavy atom. The van der Waals surface area contributed by atoms with Gasteiger partial charge in [0.05, 0.1) is 17.8 Å². The molecule has 1 atom stereocenters. The minimum atomic E-state index is -0.548. The molecule has 3 heterocycles. The first-order valence-corrected chi connectivity index (χ1v) is 9.84. The molecule has 1 aliphatic rings. The number of aromatic nitrogens is 4. The molecular formula is C20H27N5O3. The van der Waals surface area contributed by atoms with E-state index in [0.29, 0.717) is 24.9 Å². The van der Waals surface area contributed by atoms with E-state index in [0.717, 1.165) is 48.1 Å². The van der Waals surface area contributed by atoms with E-state index in [1.165, 1.54) is 0 Å². The maximum absolute atomic E-state index is 10.2. The van der Waals surface area contributed by atoms with Crippen LogP contribution >= 0.6 is 0 Å². The molecule has 1 aliphatic heterocycles. The highest BCUT2D eigenvalue weighted by Gasteiger charge is 2.28. The van der Waals surface area contributed by atoms with E-state index in [1.54, 1.807) is 0 Å². The summed E-state index contributed by atoms with van der Waals surface area (Å²) in [5.74, 6) is 1.50. The number of nitrogens with zero attached hydrogens (tertiary/aromatic N) is 5. The van der Waals surface area contributed by atoms with Gasteiger partial charge in [0.1, 0.15) is 6.23 Å². The van der Waals surface area contributed by atoms with E-state index in [1.807, 2.05) is 36.5 Å². The molecule has 2 aromatic heterocycles. The summed E-state index contributed by atoms with van der Waals surface area (Å²) in [6.45, 7) is 6.48. The van der Waals surface area contributed by atoms with E-state index in [-0.39, 0.29) is 5.92 Å². The topological polar surface area (TPSA) is 89.4 Å². The highest BCUT2D eigenvalue weighted by Crippen LogP contribution is 2.30. The van der Waals surface area contributed by atoms with Crippen molar-refractivity contribution >= 4 is 10.9 Å². The number of benzene rings is 1. The summed E-state index contributed by atoms with van der Waals surface area (Å²) in [6, 6.07) is 6.12. The standard InChI is InChI=1S/C20H27N5O3/c1-4-27-12-18(26)25-9-7-14(8-10-25)20-21-19(23-28-20)15-5-6-16-13(2)22-24(3)17(16)11-15/h5-6,11,14,18,26H,4,7-10,12H2,1-3H3. The Balaban J connectivity index is 1.45. The van der Waals surface area contributed by atoms with Crippen molar-refractivity contribution in [1.29, 1.82) is 0 Å². The van der Waals surface area contributed by atoms with Crippen LogP contribution in [0.2, 0.25) is 0 Å². The fraction of sp³-hybridized carbons (Fsp3) is 0.550. The summed E-state index contributed by atoms with van der Waals surface area (Å²) >= 11 is 0. The van der Waals surface area contributed by atoms with E-state index in [4.69, 9.17) is 9.26 Å². The summed E-state index contributed by atoms with van der Waals surface area (Å²) in [5, 5.41) is 20.0. The predicted molar refractivity (Wildman–Crippen MR) is 105 cm³/mol. The molecule has 0 spiro atoms. The molecular weight excluding hydrogens is 358 g/mol. The third-order valence-corrected chi connectivity index (χ3v) is 5.51. The van der Waals surface area contributed by atoms with Crippen molar-refractivity contribution in [1.82, 2.24) is 24.8 Å². The van der Waals surface area contributed by atoms with Crippen molar-refractivity contribution in [3.8, 4) is 11.4 Å². The molecule has 0 aliphatic carbocycles. The molecule has 1 aromatic carbocycles. The minimum absolute atomic E-state index is 0.222. The lowest BCUT2D eigenvalue weighted by atomic mass is 9.96. The largest absolute Gasteiger partial charge is 0.378 e. The van der Waals surface area contributed by atoms with Crippen LogP contribution in [-0.2, 0) is 11.8 Å². The number of ether oxygens (including phenoxy) is 1. The Morgan fingerprint density at radius 1 is 1.32 bits per heavy atom. The number of aryl methyl sites for hydroxylation is 2. The predicted octanol–water partition coefficient (Wildman–Crippen LogP) is 2.47. The van der Waals surface area contributed by atoms with Crippen molar-refractivity contribution in [2.75, 3.05) is 26.3 Å². The number of aliphatic hydroxyl groups excluding tert-OH is 1. The summed E-state index contributed by atoms with van der Waals surface area (Å²) in [5.41, 5.74) is 2.99. The molecule has 150 valence electrons. The quantitative estimate of drug-likeness (QED) is 0.697. The Hall–Kier alpha value is -2.29. The third kappa shape index (κ3) is 3.67. The lowest BCUT2D eigenvalue weighted by molar-refractivity contribution is -0.0656. The maximum atomic E-state index is 10.2. The number of aliphatic hydroxyl groups is 1. The molecule has 28 heavy (non-hydrogen) atoms. The average Bonchev–Trinajstić information content (AvgIpc) is 3.31. The maximum Gasteiger partial charge on any atom is 0.230 e. The molecule has 0 saturated carbocycles. The molecule has 0 bridgehead atoms.